The van der Waals surface area contributed by atoms with Crippen molar-refractivity contribution in [2.24, 2.45) is 10.9 Å². The summed E-state index contributed by atoms with van der Waals surface area (Å²) in [7, 11) is 0. The molecule has 17 heavy (non-hydrogen) atoms. The van der Waals surface area contributed by atoms with Gasteiger partial charge in [-0.3, -0.25) is 4.99 Å². The molecule has 2 nitrogen and oxygen atoms in total. The number of thioether (sulfide) groups is 1. The molecule has 1 aliphatic heterocycles. The molecule has 0 aromatic rings. The highest BCUT2D eigenvalue weighted by Gasteiger charge is 2.21. The summed E-state index contributed by atoms with van der Waals surface area (Å²) in [5, 5.41) is 4.90. The number of hydrogen-bond acceptors (Lipinski definition) is 3. The standard InChI is InChI=1S/C14H26N2S/c1-11-10-17-14(15-12(11)2)16-13-8-6-4-3-5-7-9-13/h11-13H,3-10H2,1-2H3,(H,15,16). The van der Waals surface area contributed by atoms with Gasteiger partial charge in [0.15, 0.2) is 5.17 Å². The molecule has 0 aromatic carbocycles. The van der Waals surface area contributed by atoms with Crippen molar-refractivity contribution in [2.45, 2.75) is 70.9 Å². The fraction of sp³-hybridized carbons (Fsp3) is 0.929. The van der Waals surface area contributed by atoms with E-state index in [9.17, 15) is 0 Å². The van der Waals surface area contributed by atoms with Crippen molar-refractivity contribution >= 4 is 16.9 Å². The summed E-state index contributed by atoms with van der Waals surface area (Å²) in [5.41, 5.74) is 0. The average molecular weight is 254 g/mol. The van der Waals surface area contributed by atoms with Gasteiger partial charge in [-0.15, -0.1) is 0 Å². The van der Waals surface area contributed by atoms with E-state index < -0.39 is 0 Å². The molecular weight excluding hydrogens is 228 g/mol. The van der Waals surface area contributed by atoms with Gasteiger partial charge in [-0.2, -0.15) is 0 Å². The minimum atomic E-state index is 0.493. The zero-order valence-electron chi connectivity index (χ0n) is 11.2. The molecule has 3 heteroatoms. The lowest BCUT2D eigenvalue weighted by molar-refractivity contribution is 0.428. The summed E-state index contributed by atoms with van der Waals surface area (Å²) < 4.78 is 0. The first kappa shape index (κ1) is 13.3. The van der Waals surface area contributed by atoms with Crippen LogP contribution >= 0.6 is 11.8 Å². The van der Waals surface area contributed by atoms with Crippen molar-refractivity contribution in [1.82, 2.24) is 5.32 Å². The van der Waals surface area contributed by atoms with Crippen molar-refractivity contribution in [3.8, 4) is 0 Å². The van der Waals surface area contributed by atoms with E-state index in [1.165, 1.54) is 55.9 Å². The van der Waals surface area contributed by atoms with Crippen LogP contribution < -0.4 is 5.32 Å². The topological polar surface area (TPSA) is 24.4 Å². The molecule has 2 unspecified atom stereocenters. The normalized spacial score (nSPS) is 32.5. The number of hydrogen-bond donors (Lipinski definition) is 1. The Balaban J connectivity index is 1.84. The van der Waals surface area contributed by atoms with Crippen LogP contribution in [-0.2, 0) is 0 Å². The summed E-state index contributed by atoms with van der Waals surface area (Å²) in [6.07, 6.45) is 9.74. The Morgan fingerprint density at radius 3 is 2.35 bits per heavy atom. The second-order valence-electron chi connectivity index (χ2n) is 5.65. The number of nitrogens with zero attached hydrogens (tertiary/aromatic N) is 1. The van der Waals surface area contributed by atoms with Gasteiger partial charge < -0.3 is 5.32 Å². The van der Waals surface area contributed by atoms with Crippen molar-refractivity contribution in [2.75, 3.05) is 5.75 Å². The highest BCUT2D eigenvalue weighted by molar-refractivity contribution is 8.13. The maximum absolute atomic E-state index is 4.78. The van der Waals surface area contributed by atoms with Crippen LogP contribution in [0.3, 0.4) is 0 Å². The molecule has 2 rings (SSSR count). The third-order valence-electron chi connectivity index (χ3n) is 4.06. The highest BCUT2D eigenvalue weighted by atomic mass is 32.2. The van der Waals surface area contributed by atoms with E-state index in [4.69, 9.17) is 4.99 Å². The van der Waals surface area contributed by atoms with E-state index in [2.05, 4.69) is 19.2 Å². The van der Waals surface area contributed by atoms with Gasteiger partial charge in [0.05, 0.1) is 6.04 Å². The Hall–Kier alpha value is -0.180. The fourth-order valence-corrected chi connectivity index (χ4v) is 3.74. The van der Waals surface area contributed by atoms with Crippen molar-refractivity contribution < 1.29 is 0 Å². The summed E-state index contributed by atoms with van der Waals surface area (Å²) >= 11 is 1.92. The quantitative estimate of drug-likeness (QED) is 0.769. The van der Waals surface area contributed by atoms with Crippen LogP contribution in [0.5, 0.6) is 0 Å². The summed E-state index contributed by atoms with van der Waals surface area (Å²) in [6.45, 7) is 4.54. The monoisotopic (exact) mass is 254 g/mol. The van der Waals surface area contributed by atoms with E-state index in [-0.39, 0.29) is 0 Å². The van der Waals surface area contributed by atoms with Gasteiger partial charge in [-0.25, -0.2) is 0 Å². The molecular formula is C14H26N2S. The van der Waals surface area contributed by atoms with Crippen LogP contribution in [0.15, 0.2) is 4.99 Å². The van der Waals surface area contributed by atoms with Gasteiger partial charge in [0.1, 0.15) is 0 Å². The Kier molecular flexibility index (Phi) is 5.20. The molecule has 1 saturated carbocycles. The van der Waals surface area contributed by atoms with Crippen LogP contribution in [0, 0.1) is 5.92 Å². The Bertz CT molecular complexity index is 257. The Morgan fingerprint density at radius 2 is 1.71 bits per heavy atom. The van der Waals surface area contributed by atoms with Crippen LogP contribution in [0.4, 0.5) is 0 Å². The van der Waals surface area contributed by atoms with Crippen LogP contribution in [-0.4, -0.2) is 23.0 Å². The molecule has 0 saturated heterocycles. The Labute approximate surface area is 110 Å². The SMILES string of the molecule is CC1CSC(NC2CCCCCCC2)=NC1C. The molecule has 1 N–H and O–H groups in total. The summed E-state index contributed by atoms with van der Waals surface area (Å²) in [6, 6.07) is 1.18. The first-order valence-corrected chi connectivity index (χ1v) is 8.21. The summed E-state index contributed by atoms with van der Waals surface area (Å²) in [4.78, 5) is 4.78. The molecule has 0 bridgehead atoms. The zero-order valence-corrected chi connectivity index (χ0v) is 12.1. The lowest BCUT2D eigenvalue weighted by atomic mass is 9.97. The van der Waals surface area contributed by atoms with E-state index in [0.29, 0.717) is 12.1 Å². The first-order chi connectivity index (χ1) is 8.25. The fourth-order valence-electron chi connectivity index (χ4n) is 2.55. The molecule has 0 spiro atoms. The number of rotatable bonds is 1. The highest BCUT2D eigenvalue weighted by Crippen LogP contribution is 2.23. The lowest BCUT2D eigenvalue weighted by Crippen LogP contribution is -2.37. The lowest BCUT2D eigenvalue weighted by Gasteiger charge is -2.28. The predicted octanol–water partition coefficient (Wildman–Crippen LogP) is 3.82. The van der Waals surface area contributed by atoms with Gasteiger partial charge in [0, 0.05) is 11.8 Å². The van der Waals surface area contributed by atoms with Gasteiger partial charge in [0.25, 0.3) is 0 Å². The largest absolute Gasteiger partial charge is 0.362 e. The van der Waals surface area contributed by atoms with Gasteiger partial charge in [-0.05, 0) is 25.7 Å². The van der Waals surface area contributed by atoms with Crippen LogP contribution in [0.1, 0.15) is 58.8 Å². The third-order valence-corrected chi connectivity index (χ3v) is 5.25. The molecule has 2 atom stereocenters. The molecule has 98 valence electrons. The molecule has 1 fully saturated rings. The van der Waals surface area contributed by atoms with E-state index in [1.54, 1.807) is 0 Å². The van der Waals surface area contributed by atoms with Gasteiger partial charge >= 0.3 is 0 Å². The number of amidine groups is 1. The molecule has 2 aliphatic rings. The van der Waals surface area contributed by atoms with Gasteiger partial charge in [-0.1, -0.05) is 50.8 Å². The predicted molar refractivity (Wildman–Crippen MR) is 77.8 cm³/mol. The van der Waals surface area contributed by atoms with Gasteiger partial charge in [0.2, 0.25) is 0 Å². The summed E-state index contributed by atoms with van der Waals surface area (Å²) in [5.74, 6) is 1.95. The maximum Gasteiger partial charge on any atom is 0.157 e. The minimum absolute atomic E-state index is 0.493. The second-order valence-corrected chi connectivity index (χ2v) is 6.66. The number of aliphatic imine (C=N–C) groups is 1. The second kappa shape index (κ2) is 6.67. The third kappa shape index (κ3) is 4.20. The molecule has 0 radical (unpaired) electrons. The molecule has 1 heterocycles. The molecule has 0 amide bonds. The zero-order chi connectivity index (χ0) is 12.1. The Morgan fingerprint density at radius 1 is 1.06 bits per heavy atom. The van der Waals surface area contributed by atoms with Crippen molar-refractivity contribution in [3.63, 3.8) is 0 Å². The van der Waals surface area contributed by atoms with E-state index >= 15 is 0 Å². The molecule has 1 aliphatic carbocycles. The minimum Gasteiger partial charge on any atom is -0.362 e. The van der Waals surface area contributed by atoms with E-state index in [1.807, 2.05) is 11.8 Å². The maximum atomic E-state index is 4.78. The molecule has 0 aromatic heterocycles. The van der Waals surface area contributed by atoms with Crippen LogP contribution in [0.2, 0.25) is 0 Å². The smallest absolute Gasteiger partial charge is 0.157 e. The van der Waals surface area contributed by atoms with Crippen molar-refractivity contribution in [1.29, 1.82) is 0 Å². The van der Waals surface area contributed by atoms with Crippen LogP contribution in [0.25, 0.3) is 0 Å². The number of nitrogens with one attached hydrogen (secondary N) is 1. The first-order valence-electron chi connectivity index (χ1n) is 7.23. The average Bonchev–Trinajstić information content (AvgIpc) is 2.27. The van der Waals surface area contributed by atoms with Crippen molar-refractivity contribution in [3.05, 3.63) is 0 Å². The van der Waals surface area contributed by atoms with E-state index in [0.717, 1.165) is 5.92 Å².